The van der Waals surface area contributed by atoms with Crippen molar-refractivity contribution < 1.29 is 18.0 Å². The van der Waals surface area contributed by atoms with Gasteiger partial charge in [-0.1, -0.05) is 35.9 Å². The van der Waals surface area contributed by atoms with Crippen molar-refractivity contribution in [2.24, 2.45) is 5.73 Å². The zero-order valence-electron chi connectivity index (χ0n) is 16.6. The van der Waals surface area contributed by atoms with Crippen molar-refractivity contribution in [3.63, 3.8) is 0 Å². The van der Waals surface area contributed by atoms with Crippen LogP contribution in [-0.2, 0) is 9.84 Å². The maximum absolute atomic E-state index is 12.3. The molecule has 1 aromatic heterocycles. The molecule has 0 aliphatic rings. The number of carbonyl (C=O) groups is 2. The van der Waals surface area contributed by atoms with Crippen LogP contribution in [0.5, 0.6) is 0 Å². The van der Waals surface area contributed by atoms with Crippen LogP contribution in [0.3, 0.4) is 0 Å². The maximum atomic E-state index is 12.3. The van der Waals surface area contributed by atoms with E-state index in [2.05, 4.69) is 20.6 Å². The highest BCUT2D eigenvalue weighted by molar-refractivity contribution is 7.93. The molecule has 2 amide bonds. The van der Waals surface area contributed by atoms with Crippen LogP contribution in [0.25, 0.3) is 0 Å². The Hall–Kier alpha value is -2.98. The first-order valence-corrected chi connectivity index (χ1v) is 11.2. The molecule has 0 aliphatic heterocycles. The number of sulfone groups is 1. The Morgan fingerprint density at radius 1 is 1.23 bits per heavy atom. The van der Waals surface area contributed by atoms with Gasteiger partial charge in [-0.2, -0.15) is 0 Å². The number of hydrogen-bond acceptors (Lipinski definition) is 7. The van der Waals surface area contributed by atoms with Crippen LogP contribution in [0.1, 0.15) is 46.6 Å². The Kier molecular flexibility index (Phi) is 7.52. The van der Waals surface area contributed by atoms with Gasteiger partial charge in [-0.05, 0) is 25.5 Å². The highest BCUT2D eigenvalue weighted by Crippen LogP contribution is 2.26. The Morgan fingerprint density at radius 2 is 1.90 bits per heavy atom. The minimum absolute atomic E-state index is 0.159. The summed E-state index contributed by atoms with van der Waals surface area (Å²) in [6, 6.07) is 6.31. The molecule has 0 aliphatic carbocycles. The Morgan fingerprint density at radius 3 is 2.50 bits per heavy atom. The molecule has 1 aromatic carbocycles. The van der Waals surface area contributed by atoms with Gasteiger partial charge in [0.1, 0.15) is 0 Å². The number of carbonyl (C=O) groups excluding carboxylic acids is 2. The van der Waals surface area contributed by atoms with Gasteiger partial charge in [0, 0.05) is 22.7 Å². The van der Waals surface area contributed by atoms with E-state index in [-0.39, 0.29) is 23.2 Å². The molecule has 160 valence electrons. The first kappa shape index (κ1) is 23.3. The van der Waals surface area contributed by atoms with Gasteiger partial charge < -0.3 is 16.4 Å². The van der Waals surface area contributed by atoms with Gasteiger partial charge in [0.15, 0.2) is 15.5 Å². The average molecular weight is 452 g/mol. The van der Waals surface area contributed by atoms with E-state index in [1.807, 2.05) is 19.1 Å². The molecule has 0 unspecified atom stereocenters. The second-order valence-electron chi connectivity index (χ2n) is 6.63. The van der Waals surface area contributed by atoms with Gasteiger partial charge >= 0.3 is 0 Å². The quantitative estimate of drug-likeness (QED) is 0.557. The van der Waals surface area contributed by atoms with Gasteiger partial charge in [0.25, 0.3) is 11.8 Å². The molecule has 9 nitrogen and oxygen atoms in total. The second-order valence-corrected chi connectivity index (χ2v) is 8.97. The molecular weight excluding hydrogens is 430 g/mol. The lowest BCUT2D eigenvalue weighted by atomic mass is 10.1. The molecule has 0 radical (unpaired) electrons. The molecule has 0 spiro atoms. The number of rotatable bonds is 8. The summed E-state index contributed by atoms with van der Waals surface area (Å²) in [6.07, 6.45) is 3.63. The normalized spacial score (nSPS) is 13.6. The number of anilines is 1. The Bertz CT molecular complexity index is 1090. The molecular formula is C19H22ClN5O4S. The topological polar surface area (TPSA) is 144 Å². The van der Waals surface area contributed by atoms with Crippen LogP contribution < -0.4 is 16.4 Å². The van der Waals surface area contributed by atoms with E-state index in [0.717, 1.165) is 17.2 Å². The summed E-state index contributed by atoms with van der Waals surface area (Å²) in [5.41, 5.74) is 6.30. The fraction of sp³-hybridized carbons (Fsp3) is 0.263. The molecule has 1 heterocycles. The van der Waals surface area contributed by atoms with E-state index in [4.69, 9.17) is 17.3 Å². The van der Waals surface area contributed by atoms with Crippen LogP contribution >= 0.6 is 11.6 Å². The monoisotopic (exact) mass is 451 g/mol. The molecule has 0 saturated carbocycles. The minimum atomic E-state index is -3.32. The van der Waals surface area contributed by atoms with Crippen LogP contribution in [0, 0.1) is 0 Å². The molecule has 11 heteroatoms. The number of hydrogen-bond donors (Lipinski definition) is 3. The fourth-order valence-corrected chi connectivity index (χ4v) is 3.32. The summed E-state index contributed by atoms with van der Waals surface area (Å²) in [5, 5.41) is 7.13. The average Bonchev–Trinajstić information content (AvgIpc) is 2.66. The van der Waals surface area contributed by atoms with Crippen molar-refractivity contribution >= 4 is 38.9 Å². The predicted molar refractivity (Wildman–Crippen MR) is 115 cm³/mol. The maximum Gasteiger partial charge on any atom is 0.289 e. The van der Waals surface area contributed by atoms with E-state index in [1.165, 1.54) is 12.3 Å². The molecule has 2 atom stereocenters. The zero-order valence-corrected chi connectivity index (χ0v) is 18.2. The van der Waals surface area contributed by atoms with Crippen molar-refractivity contribution in [1.29, 1.82) is 0 Å². The van der Waals surface area contributed by atoms with Crippen molar-refractivity contribution in [3.05, 3.63) is 64.1 Å². The summed E-state index contributed by atoms with van der Waals surface area (Å²) in [4.78, 5) is 32.2. The van der Waals surface area contributed by atoms with Crippen molar-refractivity contribution in [1.82, 2.24) is 15.3 Å². The van der Waals surface area contributed by atoms with Crippen molar-refractivity contribution in [3.8, 4) is 0 Å². The van der Waals surface area contributed by atoms with Crippen LogP contribution in [0.15, 0.2) is 41.9 Å². The third kappa shape index (κ3) is 6.53. The Balaban J connectivity index is 2.22. The molecule has 2 aromatic rings. The van der Waals surface area contributed by atoms with Gasteiger partial charge in [0.05, 0.1) is 17.9 Å². The van der Waals surface area contributed by atoms with E-state index >= 15 is 0 Å². The standard InChI is InChI=1S/C19H22ClN5O4S/c1-11(8-9-30(3,28)29)23-19(27)18-22-10-15(16(25-18)17(21)26)24-12(2)13-6-4-5-7-14(13)20/h4-12,24H,1-3H3,(H2,21,26)(H,23,27)/b9-8+/t11-,12+/m1/s1. The molecule has 30 heavy (non-hydrogen) atoms. The number of halogens is 1. The largest absolute Gasteiger partial charge is 0.375 e. The summed E-state index contributed by atoms with van der Waals surface area (Å²) in [6.45, 7) is 3.41. The lowest BCUT2D eigenvalue weighted by molar-refractivity contribution is 0.0936. The highest BCUT2D eigenvalue weighted by atomic mass is 35.5. The van der Waals surface area contributed by atoms with Crippen LogP contribution in [-0.4, -0.2) is 42.5 Å². The molecule has 0 bridgehead atoms. The number of nitrogens with one attached hydrogen (secondary N) is 2. The lowest BCUT2D eigenvalue weighted by Crippen LogP contribution is -2.33. The number of nitrogens with two attached hydrogens (primary N) is 1. The van der Waals surface area contributed by atoms with E-state index in [0.29, 0.717) is 5.02 Å². The van der Waals surface area contributed by atoms with E-state index < -0.39 is 27.7 Å². The number of aromatic nitrogens is 2. The van der Waals surface area contributed by atoms with Crippen molar-refractivity contribution in [2.45, 2.75) is 25.9 Å². The number of benzene rings is 1. The number of amides is 2. The zero-order chi connectivity index (χ0) is 22.5. The van der Waals surface area contributed by atoms with Crippen LogP contribution in [0.4, 0.5) is 5.69 Å². The molecule has 2 rings (SSSR count). The Labute approximate surface area is 179 Å². The van der Waals surface area contributed by atoms with E-state index in [9.17, 15) is 18.0 Å². The first-order chi connectivity index (χ1) is 14.0. The molecule has 0 saturated heterocycles. The summed E-state index contributed by atoms with van der Waals surface area (Å²) in [5.74, 6) is -1.81. The lowest BCUT2D eigenvalue weighted by Gasteiger charge is -2.18. The van der Waals surface area contributed by atoms with Gasteiger partial charge in [-0.25, -0.2) is 18.4 Å². The smallest absolute Gasteiger partial charge is 0.289 e. The SMILES string of the molecule is C[C@H](/C=C/S(C)(=O)=O)NC(=O)c1ncc(N[C@@H](C)c2ccccc2Cl)c(C(N)=O)n1. The number of nitrogens with zero attached hydrogens (tertiary/aromatic N) is 2. The molecule has 4 N–H and O–H groups in total. The minimum Gasteiger partial charge on any atom is -0.375 e. The van der Waals surface area contributed by atoms with Gasteiger partial charge in [0.2, 0.25) is 5.82 Å². The van der Waals surface area contributed by atoms with Gasteiger partial charge in [-0.15, -0.1) is 0 Å². The van der Waals surface area contributed by atoms with Crippen molar-refractivity contribution in [2.75, 3.05) is 11.6 Å². The predicted octanol–water partition coefficient (Wildman–Crippen LogP) is 2.08. The summed E-state index contributed by atoms with van der Waals surface area (Å²) in [7, 11) is -3.32. The fourth-order valence-electron chi connectivity index (χ4n) is 2.50. The third-order valence-corrected chi connectivity index (χ3v) is 4.94. The summed E-state index contributed by atoms with van der Waals surface area (Å²) < 4.78 is 22.3. The van der Waals surface area contributed by atoms with E-state index in [1.54, 1.807) is 19.1 Å². The highest BCUT2D eigenvalue weighted by Gasteiger charge is 2.19. The first-order valence-electron chi connectivity index (χ1n) is 8.85. The van der Waals surface area contributed by atoms with Gasteiger partial charge in [-0.3, -0.25) is 9.59 Å². The molecule has 0 fully saturated rings. The summed E-state index contributed by atoms with van der Waals surface area (Å²) >= 11 is 6.20. The van der Waals surface area contributed by atoms with Crippen LogP contribution in [0.2, 0.25) is 5.02 Å². The number of primary amides is 1. The third-order valence-electron chi connectivity index (χ3n) is 3.94. The second kappa shape index (κ2) is 9.68.